The molecule has 0 saturated carbocycles. The molecule has 0 fully saturated rings. The van der Waals surface area contributed by atoms with Gasteiger partial charge >= 0.3 is 5.97 Å². The Bertz CT molecular complexity index is 768. The number of furan rings is 1. The van der Waals surface area contributed by atoms with E-state index in [-0.39, 0.29) is 23.1 Å². The van der Waals surface area contributed by atoms with Crippen LogP contribution in [0.15, 0.2) is 33.2 Å². The fourth-order valence-corrected chi connectivity index (χ4v) is 2.85. The Kier molecular flexibility index (Phi) is 5.66. The number of hydrogen-bond donors (Lipinski definition) is 2. The third kappa shape index (κ3) is 3.79. The van der Waals surface area contributed by atoms with E-state index in [4.69, 9.17) is 14.3 Å². The van der Waals surface area contributed by atoms with Gasteiger partial charge in [-0.15, -0.1) is 0 Å². The van der Waals surface area contributed by atoms with Gasteiger partial charge in [0.25, 0.3) is 5.91 Å². The van der Waals surface area contributed by atoms with E-state index in [0.717, 1.165) is 10.0 Å². The third-order valence-corrected chi connectivity index (χ3v) is 4.23. The molecule has 6 nitrogen and oxygen atoms in total. The summed E-state index contributed by atoms with van der Waals surface area (Å²) in [5.41, 5.74) is 0.888. The Morgan fingerprint density at radius 2 is 2.08 bits per heavy atom. The summed E-state index contributed by atoms with van der Waals surface area (Å²) in [4.78, 5) is 23.5. The summed E-state index contributed by atoms with van der Waals surface area (Å²) in [6.07, 6.45) is 0.399. The number of carboxylic acids is 1. The number of methoxy groups -OCH3 is 1. The molecule has 2 rings (SSSR count). The zero-order chi connectivity index (χ0) is 17.9. The predicted molar refractivity (Wildman–Crippen MR) is 91.6 cm³/mol. The van der Waals surface area contributed by atoms with Crippen LogP contribution in [0.1, 0.15) is 52.1 Å². The van der Waals surface area contributed by atoms with Crippen LogP contribution in [0.5, 0.6) is 5.75 Å². The van der Waals surface area contributed by atoms with Gasteiger partial charge in [0, 0.05) is 12.5 Å². The standard InChI is InChI=1S/C17H18BrNO5/c1-4-13-11(17(21)22)8-15(24-13)16(20)19-9(2)10-5-6-14(23-3)12(18)7-10/h5-9H,4H2,1-3H3,(H,19,20)(H,21,22). The Labute approximate surface area is 147 Å². The highest BCUT2D eigenvalue weighted by Crippen LogP contribution is 2.28. The number of ether oxygens (including phenoxy) is 1. The van der Waals surface area contributed by atoms with Crippen molar-refractivity contribution in [3.05, 3.63) is 51.4 Å². The lowest BCUT2D eigenvalue weighted by molar-refractivity contribution is 0.0694. The highest BCUT2D eigenvalue weighted by Gasteiger charge is 2.21. The normalized spacial score (nSPS) is 11.8. The molecular formula is C17H18BrNO5. The number of carbonyl (C=O) groups excluding carboxylic acids is 1. The molecule has 0 radical (unpaired) electrons. The van der Waals surface area contributed by atoms with Crippen LogP contribution in [0.2, 0.25) is 0 Å². The van der Waals surface area contributed by atoms with E-state index in [1.807, 2.05) is 19.1 Å². The largest absolute Gasteiger partial charge is 0.496 e. The molecule has 0 aliphatic carbocycles. The number of aryl methyl sites for hydroxylation is 1. The molecule has 0 saturated heterocycles. The van der Waals surface area contributed by atoms with Crippen LogP contribution in [0.3, 0.4) is 0 Å². The lowest BCUT2D eigenvalue weighted by Gasteiger charge is -2.14. The minimum absolute atomic E-state index is 0.0105. The molecule has 0 aliphatic rings. The molecule has 7 heteroatoms. The Balaban J connectivity index is 2.17. The van der Waals surface area contributed by atoms with Gasteiger partial charge in [0.2, 0.25) is 0 Å². The quantitative estimate of drug-likeness (QED) is 0.776. The summed E-state index contributed by atoms with van der Waals surface area (Å²) in [5, 5.41) is 11.9. The van der Waals surface area contributed by atoms with Crippen molar-refractivity contribution in [2.24, 2.45) is 0 Å². The second-order valence-electron chi connectivity index (χ2n) is 5.20. The molecular weight excluding hydrogens is 378 g/mol. The number of nitrogens with one attached hydrogen (secondary N) is 1. The molecule has 1 amide bonds. The molecule has 1 unspecified atom stereocenters. The van der Waals surface area contributed by atoms with Crippen molar-refractivity contribution >= 4 is 27.8 Å². The highest BCUT2D eigenvalue weighted by atomic mass is 79.9. The first-order valence-corrected chi connectivity index (χ1v) is 8.17. The van der Waals surface area contributed by atoms with E-state index in [1.54, 1.807) is 20.1 Å². The topological polar surface area (TPSA) is 88.8 Å². The third-order valence-electron chi connectivity index (χ3n) is 3.61. The molecule has 24 heavy (non-hydrogen) atoms. The van der Waals surface area contributed by atoms with Crippen molar-refractivity contribution in [3.8, 4) is 5.75 Å². The predicted octanol–water partition coefficient (Wildman–Crippen LogP) is 3.80. The number of benzene rings is 1. The van der Waals surface area contributed by atoms with Crippen molar-refractivity contribution in [2.45, 2.75) is 26.3 Å². The summed E-state index contributed by atoms with van der Waals surface area (Å²) in [5.74, 6) is -0.600. The van der Waals surface area contributed by atoms with E-state index >= 15 is 0 Å². The number of rotatable bonds is 6. The van der Waals surface area contributed by atoms with Gasteiger partial charge in [-0.05, 0) is 40.5 Å². The number of hydrogen-bond acceptors (Lipinski definition) is 4. The molecule has 0 spiro atoms. The van der Waals surface area contributed by atoms with Gasteiger partial charge in [0.15, 0.2) is 5.76 Å². The summed E-state index contributed by atoms with van der Waals surface area (Å²) in [6.45, 7) is 3.60. The molecule has 0 aliphatic heterocycles. The number of aromatic carboxylic acids is 1. The SMILES string of the molecule is CCc1oc(C(=O)NC(C)c2ccc(OC)c(Br)c2)cc1C(=O)O. The van der Waals surface area contributed by atoms with Crippen LogP contribution < -0.4 is 10.1 Å². The lowest BCUT2D eigenvalue weighted by Crippen LogP contribution is -2.26. The summed E-state index contributed by atoms with van der Waals surface area (Å²) in [6, 6.07) is 6.46. The fraction of sp³-hybridized carbons (Fsp3) is 0.294. The van der Waals surface area contributed by atoms with Gasteiger partial charge in [0.1, 0.15) is 17.1 Å². The van der Waals surface area contributed by atoms with Crippen LogP contribution in [0.4, 0.5) is 0 Å². The minimum atomic E-state index is -1.11. The van der Waals surface area contributed by atoms with Crippen LogP contribution in [-0.4, -0.2) is 24.1 Å². The smallest absolute Gasteiger partial charge is 0.339 e. The molecule has 1 atom stereocenters. The number of carbonyl (C=O) groups is 2. The van der Waals surface area contributed by atoms with E-state index < -0.39 is 11.9 Å². The summed E-state index contributed by atoms with van der Waals surface area (Å²) >= 11 is 3.40. The second-order valence-corrected chi connectivity index (χ2v) is 6.05. The van der Waals surface area contributed by atoms with Crippen molar-refractivity contribution < 1.29 is 23.8 Å². The van der Waals surface area contributed by atoms with Crippen LogP contribution in [-0.2, 0) is 6.42 Å². The van der Waals surface area contributed by atoms with E-state index in [0.29, 0.717) is 12.2 Å². The van der Waals surface area contributed by atoms with Gasteiger partial charge in [0.05, 0.1) is 17.6 Å². The van der Waals surface area contributed by atoms with Gasteiger partial charge in [-0.3, -0.25) is 4.79 Å². The molecule has 0 bridgehead atoms. The van der Waals surface area contributed by atoms with Crippen molar-refractivity contribution in [3.63, 3.8) is 0 Å². The summed E-state index contributed by atoms with van der Waals surface area (Å²) < 4.78 is 11.3. The van der Waals surface area contributed by atoms with Crippen LogP contribution >= 0.6 is 15.9 Å². The maximum Gasteiger partial charge on any atom is 0.339 e. The fourth-order valence-electron chi connectivity index (χ4n) is 2.29. The first-order chi connectivity index (χ1) is 11.4. The lowest BCUT2D eigenvalue weighted by atomic mass is 10.1. The Morgan fingerprint density at radius 3 is 2.58 bits per heavy atom. The Hall–Kier alpha value is -2.28. The first kappa shape index (κ1) is 18.1. The van der Waals surface area contributed by atoms with E-state index in [1.165, 1.54) is 6.07 Å². The molecule has 128 valence electrons. The van der Waals surface area contributed by atoms with E-state index in [9.17, 15) is 9.59 Å². The monoisotopic (exact) mass is 395 g/mol. The zero-order valence-corrected chi connectivity index (χ0v) is 15.1. The van der Waals surface area contributed by atoms with Gasteiger partial charge < -0.3 is 19.6 Å². The van der Waals surface area contributed by atoms with E-state index in [2.05, 4.69) is 21.2 Å². The molecule has 2 aromatic rings. The Morgan fingerprint density at radius 1 is 1.38 bits per heavy atom. The highest BCUT2D eigenvalue weighted by molar-refractivity contribution is 9.10. The van der Waals surface area contributed by atoms with Gasteiger partial charge in [-0.2, -0.15) is 0 Å². The maximum absolute atomic E-state index is 12.3. The molecule has 2 N–H and O–H groups in total. The van der Waals surface area contributed by atoms with Gasteiger partial charge in [-0.25, -0.2) is 4.79 Å². The number of halogens is 1. The molecule has 1 heterocycles. The van der Waals surface area contributed by atoms with Crippen molar-refractivity contribution in [2.75, 3.05) is 7.11 Å². The zero-order valence-electron chi connectivity index (χ0n) is 13.6. The average Bonchev–Trinajstić information content (AvgIpc) is 2.99. The van der Waals surface area contributed by atoms with Crippen LogP contribution in [0.25, 0.3) is 0 Å². The van der Waals surface area contributed by atoms with Crippen molar-refractivity contribution in [1.82, 2.24) is 5.32 Å². The minimum Gasteiger partial charge on any atom is -0.496 e. The van der Waals surface area contributed by atoms with Crippen molar-refractivity contribution in [1.29, 1.82) is 0 Å². The van der Waals surface area contributed by atoms with Crippen LogP contribution in [0, 0.1) is 0 Å². The average molecular weight is 396 g/mol. The number of amides is 1. The first-order valence-electron chi connectivity index (χ1n) is 7.37. The molecule has 1 aromatic carbocycles. The maximum atomic E-state index is 12.3. The second kappa shape index (κ2) is 7.53. The molecule has 1 aromatic heterocycles. The summed E-state index contributed by atoms with van der Waals surface area (Å²) in [7, 11) is 1.58. The number of carboxylic acid groups (broad SMARTS) is 1. The van der Waals surface area contributed by atoms with Gasteiger partial charge in [-0.1, -0.05) is 13.0 Å².